The molecule has 0 unspecified atom stereocenters. The van der Waals surface area contributed by atoms with E-state index in [0.29, 0.717) is 53.3 Å². The van der Waals surface area contributed by atoms with E-state index in [4.69, 9.17) is 14.0 Å². The second kappa shape index (κ2) is 15.6. The van der Waals surface area contributed by atoms with Gasteiger partial charge in [-0.05, 0) is 84.8 Å². The second-order valence-electron chi connectivity index (χ2n) is 17.8. The Hall–Kier alpha value is -3.00. The first-order valence-electron chi connectivity index (χ1n) is 19.1. The first-order chi connectivity index (χ1) is 24.7. The summed E-state index contributed by atoms with van der Waals surface area (Å²) in [5, 5.41) is 36.3. The number of para-hydroxylation sites is 1. The minimum absolute atomic E-state index is 0.0225. The predicted octanol–water partition coefficient (Wildman–Crippen LogP) is 6.18. The first kappa shape index (κ1) is 41.2. The number of carboxylic acids is 1. The lowest BCUT2D eigenvalue weighted by molar-refractivity contribution is -0.183. The highest BCUT2D eigenvalue weighted by molar-refractivity contribution is 6.74. The zero-order valence-corrected chi connectivity index (χ0v) is 34.6. The molecule has 3 aliphatic carbocycles. The minimum Gasteiger partial charge on any atom is -0.496 e. The van der Waals surface area contributed by atoms with Crippen molar-refractivity contribution < 1.29 is 38.9 Å². The van der Waals surface area contributed by atoms with Crippen molar-refractivity contribution >= 4 is 25.9 Å². The minimum atomic E-state index is -1.95. The standard InChI is InChI=1S/C41H63N3O8Si/c1-24-32-20-29(41(32,6)7)21-33(24)42-38(47)36-35(25(2)46)34(23-45)52-44(36)22-26-13-12-14-31(37(26)50-9)27-17-28(39(48)49)19-30(18-27)43(8)15-16-51-53(10,11)40(3,4)5/h12-14,17-19,24-25,29,32-36,45-46H,15-16,20-23H2,1-11H3,(H,42,47)(H,48,49)/t24-,25-,29+,32-,33-,34-,35+,36-/m0/s1. The number of carboxylic acid groups (broad SMARTS) is 1. The number of aliphatic hydroxyl groups excluding tert-OH is 2. The van der Waals surface area contributed by atoms with Crippen LogP contribution in [0.15, 0.2) is 36.4 Å². The van der Waals surface area contributed by atoms with Crippen LogP contribution in [0.4, 0.5) is 5.69 Å². The van der Waals surface area contributed by atoms with Crippen LogP contribution in [0.5, 0.6) is 5.75 Å². The van der Waals surface area contributed by atoms with Gasteiger partial charge in [0.15, 0.2) is 8.32 Å². The number of rotatable bonds is 14. The summed E-state index contributed by atoms with van der Waals surface area (Å²) < 4.78 is 12.4. The number of aliphatic hydroxyl groups is 2. The number of carbonyl (C=O) groups is 2. The first-order valence-corrected chi connectivity index (χ1v) is 22.0. The molecule has 2 aromatic carbocycles. The van der Waals surface area contributed by atoms with Gasteiger partial charge in [0.1, 0.15) is 17.9 Å². The summed E-state index contributed by atoms with van der Waals surface area (Å²) in [7, 11) is 1.54. The van der Waals surface area contributed by atoms with Crippen LogP contribution < -0.4 is 15.0 Å². The third-order valence-corrected chi connectivity index (χ3v) is 17.8. The highest BCUT2D eigenvalue weighted by Gasteiger charge is 2.57. The summed E-state index contributed by atoms with van der Waals surface area (Å²) in [5.74, 6) is 0.00780. The number of nitrogens with one attached hydrogen (secondary N) is 1. The molecular formula is C41H63N3O8Si. The van der Waals surface area contributed by atoms with Gasteiger partial charge in [-0.25, -0.2) is 4.79 Å². The molecule has 1 saturated heterocycles. The number of aromatic carboxylic acids is 1. The molecular weight excluding hydrogens is 691 g/mol. The number of likely N-dealkylation sites (N-methyl/N-ethyl adjacent to an activating group) is 1. The molecule has 2 aromatic rings. The molecule has 1 aliphatic heterocycles. The highest BCUT2D eigenvalue weighted by atomic mass is 28.4. The van der Waals surface area contributed by atoms with E-state index in [1.54, 1.807) is 31.2 Å². The topological polar surface area (TPSA) is 141 Å². The molecule has 3 saturated carbocycles. The summed E-state index contributed by atoms with van der Waals surface area (Å²) in [6.07, 6.45) is 0.413. The van der Waals surface area contributed by atoms with Gasteiger partial charge in [0, 0.05) is 42.4 Å². The number of methoxy groups -OCH3 is 1. The summed E-state index contributed by atoms with van der Waals surface area (Å²) in [5.41, 5.74) is 3.20. The van der Waals surface area contributed by atoms with Gasteiger partial charge in [0.2, 0.25) is 5.91 Å². The van der Waals surface area contributed by atoms with Crippen molar-refractivity contribution in [1.29, 1.82) is 0 Å². The Morgan fingerprint density at radius 2 is 1.87 bits per heavy atom. The predicted molar refractivity (Wildman–Crippen MR) is 209 cm³/mol. The van der Waals surface area contributed by atoms with E-state index in [9.17, 15) is 24.9 Å². The Bertz CT molecular complexity index is 1640. The Morgan fingerprint density at radius 1 is 1.17 bits per heavy atom. The van der Waals surface area contributed by atoms with Crippen LogP contribution in [0, 0.1) is 29.1 Å². The number of nitrogens with zero attached hydrogens (tertiary/aromatic N) is 2. The van der Waals surface area contributed by atoms with E-state index >= 15 is 0 Å². The highest BCUT2D eigenvalue weighted by Crippen LogP contribution is 2.61. The van der Waals surface area contributed by atoms with Crippen LogP contribution in [0.3, 0.4) is 0 Å². The van der Waals surface area contributed by atoms with E-state index in [1.807, 2.05) is 36.2 Å². The average molecular weight is 754 g/mol. The number of fused-ring (bicyclic) bond motifs is 2. The molecule has 1 amide bonds. The van der Waals surface area contributed by atoms with Gasteiger partial charge < -0.3 is 34.7 Å². The maximum absolute atomic E-state index is 14.2. The third kappa shape index (κ3) is 8.18. The molecule has 4 N–H and O–H groups in total. The van der Waals surface area contributed by atoms with Gasteiger partial charge in [-0.15, -0.1) is 0 Å². The largest absolute Gasteiger partial charge is 0.496 e. The Balaban J connectivity index is 1.42. The van der Waals surface area contributed by atoms with Crippen molar-refractivity contribution in [2.75, 3.05) is 38.8 Å². The fourth-order valence-electron chi connectivity index (χ4n) is 8.72. The van der Waals surface area contributed by atoms with Crippen LogP contribution in [-0.2, 0) is 20.6 Å². The van der Waals surface area contributed by atoms with Gasteiger partial charge in [0.05, 0.1) is 38.5 Å². The average Bonchev–Trinajstić information content (AvgIpc) is 3.46. The van der Waals surface area contributed by atoms with Crippen molar-refractivity contribution in [2.24, 2.45) is 29.1 Å². The maximum atomic E-state index is 14.2. The van der Waals surface area contributed by atoms with Gasteiger partial charge in [-0.3, -0.25) is 9.63 Å². The lowest BCUT2D eigenvalue weighted by atomic mass is 9.45. The zero-order valence-electron chi connectivity index (χ0n) is 33.6. The molecule has 0 aromatic heterocycles. The number of hydrogen-bond acceptors (Lipinski definition) is 9. The van der Waals surface area contributed by atoms with Crippen LogP contribution in [0.2, 0.25) is 18.1 Å². The van der Waals surface area contributed by atoms with Crippen LogP contribution in [0.1, 0.15) is 77.2 Å². The number of hydrogen-bond donors (Lipinski definition) is 4. The normalized spacial score (nSPS) is 27.5. The number of anilines is 1. The molecule has 4 fully saturated rings. The third-order valence-electron chi connectivity index (χ3n) is 13.3. The fourth-order valence-corrected chi connectivity index (χ4v) is 9.76. The molecule has 2 bridgehead atoms. The number of carbonyl (C=O) groups excluding carboxylic acids is 1. The monoisotopic (exact) mass is 753 g/mol. The molecule has 8 atom stereocenters. The van der Waals surface area contributed by atoms with Crippen LogP contribution in [0.25, 0.3) is 11.1 Å². The number of ether oxygens (including phenoxy) is 1. The summed E-state index contributed by atoms with van der Waals surface area (Å²) in [4.78, 5) is 34.8. The van der Waals surface area contributed by atoms with Crippen molar-refractivity contribution in [3.63, 3.8) is 0 Å². The Labute approximate surface area is 317 Å². The smallest absolute Gasteiger partial charge is 0.335 e. The molecule has 12 heteroatoms. The van der Waals surface area contributed by atoms with E-state index in [2.05, 4.69) is 60.0 Å². The van der Waals surface area contributed by atoms with Crippen LogP contribution >= 0.6 is 0 Å². The van der Waals surface area contributed by atoms with Gasteiger partial charge in [-0.1, -0.05) is 59.7 Å². The number of amides is 1. The number of benzene rings is 2. The zero-order chi connectivity index (χ0) is 39.2. The summed E-state index contributed by atoms with van der Waals surface area (Å²) in [6.45, 7) is 20.4. The SMILES string of the molecule is COc1c(CN2O[C@@H](CO)[C@@H]([C@H](C)O)[C@H]2C(=O)N[C@H]2C[C@H]3C[C@@H]([C@@H]2C)C3(C)C)cccc1-c1cc(C(=O)O)cc(N(C)CCO[Si](C)(C)C(C)(C)C)c1. The van der Waals surface area contributed by atoms with Gasteiger partial charge >= 0.3 is 5.97 Å². The van der Waals surface area contributed by atoms with Gasteiger partial charge in [-0.2, -0.15) is 5.06 Å². The lowest BCUT2D eigenvalue weighted by Gasteiger charge is -2.62. The van der Waals surface area contributed by atoms with E-state index in [-0.39, 0.29) is 41.1 Å². The Morgan fingerprint density at radius 3 is 2.43 bits per heavy atom. The molecule has 6 rings (SSSR count). The van der Waals surface area contributed by atoms with Crippen molar-refractivity contribution in [1.82, 2.24) is 10.4 Å². The summed E-state index contributed by atoms with van der Waals surface area (Å²) in [6, 6.07) is 10.1. The maximum Gasteiger partial charge on any atom is 0.335 e. The molecule has 11 nitrogen and oxygen atoms in total. The molecule has 53 heavy (non-hydrogen) atoms. The summed E-state index contributed by atoms with van der Waals surface area (Å²) >= 11 is 0. The van der Waals surface area contributed by atoms with Crippen LogP contribution in [-0.4, -0.2) is 98.8 Å². The van der Waals surface area contributed by atoms with E-state index < -0.39 is 38.5 Å². The molecule has 294 valence electrons. The molecule has 1 heterocycles. The lowest BCUT2D eigenvalue weighted by Crippen LogP contribution is -2.62. The van der Waals surface area contributed by atoms with Crippen molar-refractivity contribution in [3.05, 3.63) is 47.5 Å². The van der Waals surface area contributed by atoms with Gasteiger partial charge in [0.25, 0.3) is 0 Å². The molecule has 4 aliphatic rings. The quantitative estimate of drug-likeness (QED) is 0.166. The van der Waals surface area contributed by atoms with E-state index in [0.717, 1.165) is 12.1 Å². The molecule has 0 radical (unpaired) electrons. The second-order valence-corrected chi connectivity index (χ2v) is 22.6. The Kier molecular flexibility index (Phi) is 12.1. The van der Waals surface area contributed by atoms with Crippen molar-refractivity contribution in [2.45, 2.75) is 110 Å². The fraction of sp³-hybridized carbons (Fsp3) is 0.659. The number of hydroxylamine groups is 2. The van der Waals surface area contributed by atoms with Crippen molar-refractivity contribution in [3.8, 4) is 16.9 Å². The molecule has 0 spiro atoms. The van der Waals surface area contributed by atoms with E-state index in [1.165, 1.54) is 6.42 Å².